The number of rotatable bonds is 8. The third-order valence-corrected chi connectivity index (χ3v) is 2.65. The number of benzene rings is 1. The first kappa shape index (κ1) is 16.4. The fourth-order valence-corrected chi connectivity index (χ4v) is 1.74. The molecule has 0 fully saturated rings. The van der Waals surface area contributed by atoms with Crippen LogP contribution in [0.5, 0.6) is 0 Å². The maximum Gasteiger partial charge on any atom is 0.231 e. The van der Waals surface area contributed by atoms with Crippen LogP contribution in [0.4, 0.5) is 11.4 Å². The van der Waals surface area contributed by atoms with E-state index < -0.39 is 11.8 Å². The zero-order chi connectivity index (χ0) is 15.8. The van der Waals surface area contributed by atoms with Crippen LogP contribution in [0, 0.1) is 0 Å². The van der Waals surface area contributed by atoms with Crippen LogP contribution in [0.2, 0.25) is 0 Å². The van der Waals surface area contributed by atoms with Crippen LogP contribution in [0.15, 0.2) is 24.3 Å². The Balaban J connectivity index is 2.51. The van der Waals surface area contributed by atoms with Crippen molar-refractivity contribution in [1.82, 2.24) is 4.90 Å². The number of nitrogens with two attached hydrogens (primary N) is 3. The molecule has 0 saturated heterocycles. The number of hydrogen-bond acceptors (Lipinski definition) is 5. The largest absolute Gasteiger partial charge is 0.397 e. The lowest BCUT2D eigenvalue weighted by Crippen LogP contribution is -2.41. The number of primary amides is 2. The van der Waals surface area contributed by atoms with Gasteiger partial charge in [0.2, 0.25) is 17.7 Å². The molecule has 21 heavy (non-hydrogen) atoms. The molecule has 0 bridgehead atoms. The molecule has 0 aliphatic rings. The van der Waals surface area contributed by atoms with Crippen LogP contribution in [0.25, 0.3) is 0 Å². The first-order chi connectivity index (χ1) is 9.88. The molecule has 8 heteroatoms. The first-order valence-corrected chi connectivity index (χ1v) is 6.32. The molecule has 0 aliphatic heterocycles. The number of para-hydroxylation sites is 2. The zero-order valence-electron chi connectivity index (χ0n) is 11.5. The third kappa shape index (κ3) is 6.39. The molecule has 0 heterocycles. The molecule has 0 aliphatic carbocycles. The summed E-state index contributed by atoms with van der Waals surface area (Å²) in [5.74, 6) is -1.47. The van der Waals surface area contributed by atoms with Gasteiger partial charge in [-0.3, -0.25) is 19.3 Å². The number of carbonyl (C=O) groups is 3. The third-order valence-electron chi connectivity index (χ3n) is 2.65. The Kier molecular flexibility index (Phi) is 6.15. The van der Waals surface area contributed by atoms with Crippen molar-refractivity contribution < 1.29 is 14.4 Å². The Morgan fingerprint density at radius 2 is 1.62 bits per heavy atom. The molecule has 0 aromatic heterocycles. The normalized spacial score (nSPS) is 10.3. The molecule has 8 nitrogen and oxygen atoms in total. The van der Waals surface area contributed by atoms with Crippen LogP contribution in [-0.2, 0) is 14.4 Å². The predicted octanol–water partition coefficient (Wildman–Crippen LogP) is -1.13. The second kappa shape index (κ2) is 7.85. The van der Waals surface area contributed by atoms with Gasteiger partial charge in [-0.15, -0.1) is 0 Å². The van der Waals surface area contributed by atoms with Gasteiger partial charge in [0.25, 0.3) is 0 Å². The van der Waals surface area contributed by atoms with Crippen molar-refractivity contribution >= 4 is 29.1 Å². The van der Waals surface area contributed by atoms with E-state index in [1.165, 1.54) is 4.90 Å². The average molecular weight is 293 g/mol. The van der Waals surface area contributed by atoms with Gasteiger partial charge in [0, 0.05) is 13.0 Å². The van der Waals surface area contributed by atoms with Gasteiger partial charge in [0.15, 0.2) is 0 Å². The van der Waals surface area contributed by atoms with E-state index in [2.05, 4.69) is 5.32 Å². The Labute approximate surface area is 122 Å². The number of anilines is 2. The number of hydrogen-bond donors (Lipinski definition) is 4. The molecular formula is C13H19N5O3. The molecule has 0 radical (unpaired) electrons. The van der Waals surface area contributed by atoms with Crippen molar-refractivity contribution in [3.8, 4) is 0 Å². The summed E-state index contributed by atoms with van der Waals surface area (Å²) in [6.45, 7) is -0.0855. The Morgan fingerprint density at radius 1 is 1.05 bits per heavy atom. The van der Waals surface area contributed by atoms with Gasteiger partial charge in [-0.25, -0.2) is 0 Å². The number of nitrogens with zero attached hydrogens (tertiary/aromatic N) is 1. The highest BCUT2D eigenvalue weighted by molar-refractivity contribution is 5.93. The fraction of sp³-hybridized carbons (Fsp3) is 0.308. The standard InChI is InChI=1S/C13H19N5O3/c14-9-3-1-2-4-10(9)17-13(21)5-6-18(7-11(15)19)8-12(16)20/h1-4H,5-8,14H2,(H2,15,19)(H2,16,20)(H,17,21). The van der Waals surface area contributed by atoms with E-state index in [1.807, 2.05) is 0 Å². The van der Waals surface area contributed by atoms with Crippen molar-refractivity contribution in [3.63, 3.8) is 0 Å². The molecule has 0 atom stereocenters. The summed E-state index contributed by atoms with van der Waals surface area (Å²) in [5.41, 5.74) is 16.8. The first-order valence-electron chi connectivity index (χ1n) is 6.32. The van der Waals surface area contributed by atoms with Gasteiger partial charge in [-0.05, 0) is 12.1 Å². The van der Waals surface area contributed by atoms with Crippen molar-refractivity contribution in [2.24, 2.45) is 11.5 Å². The number of carbonyl (C=O) groups excluding carboxylic acids is 3. The number of amides is 3. The van der Waals surface area contributed by atoms with E-state index in [1.54, 1.807) is 24.3 Å². The lowest BCUT2D eigenvalue weighted by atomic mass is 10.2. The van der Waals surface area contributed by atoms with Crippen LogP contribution in [0.1, 0.15) is 6.42 Å². The average Bonchev–Trinajstić information content (AvgIpc) is 2.37. The zero-order valence-corrected chi connectivity index (χ0v) is 11.5. The van der Waals surface area contributed by atoms with E-state index in [-0.39, 0.29) is 32.0 Å². The molecule has 3 amide bonds. The van der Waals surface area contributed by atoms with Crippen molar-refractivity contribution in [3.05, 3.63) is 24.3 Å². The van der Waals surface area contributed by atoms with E-state index in [0.29, 0.717) is 11.4 Å². The van der Waals surface area contributed by atoms with E-state index >= 15 is 0 Å². The van der Waals surface area contributed by atoms with Crippen LogP contribution in [-0.4, -0.2) is 42.3 Å². The summed E-state index contributed by atoms with van der Waals surface area (Å²) < 4.78 is 0. The number of nitrogens with one attached hydrogen (secondary N) is 1. The molecule has 0 saturated carbocycles. The monoisotopic (exact) mass is 293 g/mol. The molecular weight excluding hydrogens is 274 g/mol. The van der Waals surface area contributed by atoms with E-state index in [0.717, 1.165) is 0 Å². The second-order valence-corrected chi connectivity index (χ2v) is 4.53. The highest BCUT2D eigenvalue weighted by atomic mass is 16.2. The molecule has 1 aromatic carbocycles. The quantitative estimate of drug-likeness (QED) is 0.448. The van der Waals surface area contributed by atoms with Crippen LogP contribution < -0.4 is 22.5 Å². The minimum Gasteiger partial charge on any atom is -0.397 e. The summed E-state index contributed by atoms with van der Waals surface area (Å²) in [4.78, 5) is 35.0. The SMILES string of the molecule is NC(=O)CN(CCC(=O)Nc1ccccc1N)CC(N)=O. The lowest BCUT2D eigenvalue weighted by molar-refractivity contribution is -0.123. The Bertz CT molecular complexity index is 516. The minimum atomic E-state index is -0.594. The maximum atomic E-state index is 11.8. The number of nitrogen functional groups attached to an aromatic ring is 1. The molecule has 7 N–H and O–H groups in total. The van der Waals surface area contributed by atoms with Gasteiger partial charge in [-0.1, -0.05) is 12.1 Å². The van der Waals surface area contributed by atoms with Gasteiger partial charge in [0.05, 0.1) is 24.5 Å². The summed E-state index contributed by atoms with van der Waals surface area (Å²) in [6.07, 6.45) is 0.0783. The predicted molar refractivity (Wildman–Crippen MR) is 78.9 cm³/mol. The fourth-order valence-electron chi connectivity index (χ4n) is 1.74. The summed E-state index contributed by atoms with van der Waals surface area (Å²) >= 11 is 0. The molecule has 0 spiro atoms. The Hall–Kier alpha value is -2.61. The topological polar surface area (TPSA) is 145 Å². The summed E-state index contributed by atoms with van der Waals surface area (Å²) in [7, 11) is 0. The molecule has 1 rings (SSSR count). The van der Waals surface area contributed by atoms with E-state index in [9.17, 15) is 14.4 Å². The molecule has 114 valence electrons. The molecule has 1 aromatic rings. The summed E-state index contributed by atoms with van der Waals surface area (Å²) in [5, 5.41) is 2.65. The lowest BCUT2D eigenvalue weighted by Gasteiger charge is -2.18. The van der Waals surface area contributed by atoms with Gasteiger partial charge >= 0.3 is 0 Å². The summed E-state index contributed by atoms with van der Waals surface area (Å²) in [6, 6.07) is 6.85. The molecule has 0 unspecified atom stereocenters. The Morgan fingerprint density at radius 3 is 2.14 bits per heavy atom. The van der Waals surface area contributed by atoms with Crippen LogP contribution in [0.3, 0.4) is 0 Å². The second-order valence-electron chi connectivity index (χ2n) is 4.53. The highest BCUT2D eigenvalue weighted by Crippen LogP contribution is 2.16. The van der Waals surface area contributed by atoms with Crippen LogP contribution >= 0.6 is 0 Å². The van der Waals surface area contributed by atoms with Gasteiger partial charge in [0.1, 0.15) is 0 Å². The van der Waals surface area contributed by atoms with Gasteiger partial charge in [-0.2, -0.15) is 0 Å². The maximum absolute atomic E-state index is 11.8. The minimum absolute atomic E-state index is 0.0783. The van der Waals surface area contributed by atoms with Crippen molar-refractivity contribution in [2.75, 3.05) is 30.7 Å². The van der Waals surface area contributed by atoms with Crippen molar-refractivity contribution in [1.29, 1.82) is 0 Å². The smallest absolute Gasteiger partial charge is 0.231 e. The van der Waals surface area contributed by atoms with Crippen molar-refractivity contribution in [2.45, 2.75) is 6.42 Å². The van der Waals surface area contributed by atoms with Gasteiger partial charge < -0.3 is 22.5 Å². The van der Waals surface area contributed by atoms with E-state index in [4.69, 9.17) is 17.2 Å². The highest BCUT2D eigenvalue weighted by Gasteiger charge is 2.13.